The highest BCUT2D eigenvalue weighted by atomic mass is 35.5. The van der Waals surface area contributed by atoms with Gasteiger partial charge in [-0.3, -0.25) is 19.3 Å². The Kier molecular flexibility index (Phi) is 9.45. The van der Waals surface area contributed by atoms with Crippen molar-refractivity contribution in [2.24, 2.45) is 0 Å². The van der Waals surface area contributed by atoms with E-state index in [9.17, 15) is 14.4 Å². The number of carbonyl (C=O) groups is 3. The Bertz CT molecular complexity index is 1480. The molecule has 1 N–H and O–H groups in total. The Hall–Kier alpha value is -3.46. The van der Waals surface area contributed by atoms with Crippen LogP contribution >= 0.6 is 35.0 Å². The summed E-state index contributed by atoms with van der Waals surface area (Å²) in [5, 5.41) is 3.22. The van der Waals surface area contributed by atoms with Crippen molar-refractivity contribution >= 4 is 63.8 Å². The lowest BCUT2D eigenvalue weighted by Gasteiger charge is -2.16. The number of benzene rings is 3. The minimum Gasteiger partial charge on any atom is -0.490 e. The number of hydrogen-bond acceptors (Lipinski definition) is 6. The van der Waals surface area contributed by atoms with Gasteiger partial charge in [0.25, 0.3) is 11.1 Å². The number of imide groups is 1. The van der Waals surface area contributed by atoms with Gasteiger partial charge < -0.3 is 14.8 Å². The number of carbonyl (C=O) groups excluding carboxylic acids is 3. The molecule has 1 saturated heterocycles. The van der Waals surface area contributed by atoms with Gasteiger partial charge in [0.15, 0.2) is 11.5 Å². The van der Waals surface area contributed by atoms with Gasteiger partial charge in [0.2, 0.25) is 5.91 Å². The van der Waals surface area contributed by atoms with Gasteiger partial charge in [0.05, 0.1) is 16.5 Å². The molecule has 1 aliphatic rings. The van der Waals surface area contributed by atoms with Crippen LogP contribution in [0.2, 0.25) is 10.0 Å². The number of halogens is 2. The third kappa shape index (κ3) is 6.99. The Morgan fingerprint density at radius 3 is 2.33 bits per heavy atom. The van der Waals surface area contributed by atoms with Crippen LogP contribution in [0.5, 0.6) is 11.5 Å². The smallest absolute Gasteiger partial charge is 0.294 e. The van der Waals surface area contributed by atoms with Crippen LogP contribution in [0, 0.1) is 20.8 Å². The van der Waals surface area contributed by atoms with E-state index in [1.807, 2.05) is 52.0 Å². The van der Waals surface area contributed by atoms with Crippen molar-refractivity contribution in [3.8, 4) is 11.5 Å². The predicted octanol–water partition coefficient (Wildman–Crippen LogP) is 7.57. The van der Waals surface area contributed by atoms with Crippen molar-refractivity contribution in [3.05, 3.63) is 91.3 Å². The topological polar surface area (TPSA) is 84.9 Å². The van der Waals surface area contributed by atoms with E-state index in [0.717, 1.165) is 38.9 Å². The van der Waals surface area contributed by atoms with E-state index >= 15 is 0 Å². The molecule has 40 heavy (non-hydrogen) atoms. The minimum absolute atomic E-state index is 0.175. The van der Waals surface area contributed by atoms with Gasteiger partial charge in [-0.25, -0.2) is 0 Å². The fourth-order valence-corrected chi connectivity index (χ4v) is 5.54. The zero-order valence-corrected chi connectivity index (χ0v) is 24.8. The largest absolute Gasteiger partial charge is 0.490 e. The van der Waals surface area contributed by atoms with Crippen LogP contribution in [0.1, 0.15) is 34.7 Å². The maximum Gasteiger partial charge on any atom is 0.294 e. The van der Waals surface area contributed by atoms with E-state index in [0.29, 0.717) is 34.4 Å². The number of thioether (sulfide) groups is 1. The van der Waals surface area contributed by atoms with Crippen molar-refractivity contribution < 1.29 is 23.9 Å². The molecule has 1 fully saturated rings. The van der Waals surface area contributed by atoms with Gasteiger partial charge in [-0.15, -0.1) is 0 Å². The first-order valence-electron chi connectivity index (χ1n) is 12.5. The fraction of sp³-hybridized carbons (Fsp3) is 0.233. The molecule has 0 bridgehead atoms. The van der Waals surface area contributed by atoms with E-state index in [2.05, 4.69) is 5.32 Å². The fourth-order valence-electron chi connectivity index (χ4n) is 4.30. The second-order valence-corrected chi connectivity index (χ2v) is 11.1. The van der Waals surface area contributed by atoms with Gasteiger partial charge >= 0.3 is 0 Å². The van der Waals surface area contributed by atoms with E-state index in [1.165, 1.54) is 0 Å². The van der Waals surface area contributed by atoms with Crippen molar-refractivity contribution in [2.75, 3.05) is 18.5 Å². The number of amides is 3. The van der Waals surface area contributed by atoms with Crippen molar-refractivity contribution in [1.82, 2.24) is 4.90 Å². The molecule has 0 atom stereocenters. The molecule has 1 heterocycles. The number of aryl methyl sites for hydroxylation is 3. The van der Waals surface area contributed by atoms with Crippen LogP contribution in [0.15, 0.2) is 53.4 Å². The molecule has 3 aromatic carbocycles. The molecule has 3 aromatic rings. The summed E-state index contributed by atoms with van der Waals surface area (Å²) < 4.78 is 11.7. The monoisotopic (exact) mass is 598 g/mol. The van der Waals surface area contributed by atoms with Gasteiger partial charge in [0.1, 0.15) is 13.2 Å². The Balaban J connectivity index is 1.49. The van der Waals surface area contributed by atoms with Crippen LogP contribution < -0.4 is 14.8 Å². The van der Waals surface area contributed by atoms with Crippen molar-refractivity contribution in [2.45, 2.75) is 34.3 Å². The zero-order valence-electron chi connectivity index (χ0n) is 22.5. The lowest BCUT2D eigenvalue weighted by molar-refractivity contribution is -0.127. The van der Waals surface area contributed by atoms with Crippen molar-refractivity contribution in [3.63, 3.8) is 0 Å². The molecule has 0 aliphatic carbocycles. The van der Waals surface area contributed by atoms with Gasteiger partial charge in [0, 0.05) is 10.7 Å². The lowest BCUT2D eigenvalue weighted by atomic mass is 10.1. The maximum atomic E-state index is 13.1. The number of anilines is 1. The van der Waals surface area contributed by atoms with Gasteiger partial charge in [-0.2, -0.15) is 0 Å². The molecular formula is C30H28Cl2N2O5S. The standard InChI is InChI=1S/C30H28Cl2N2O5S/c1-5-38-24-13-21(12-23(32)28(24)39-16-20-6-8-22(31)9-7-20)14-25-29(36)34(30(37)40-25)15-26(35)33-27-18(3)10-17(2)11-19(27)4/h6-14H,5,15-16H2,1-4H3,(H,33,35)/b25-14+. The molecule has 3 amide bonds. The first kappa shape index (κ1) is 29.5. The molecule has 1 aliphatic heterocycles. The zero-order chi connectivity index (χ0) is 29.0. The maximum absolute atomic E-state index is 13.1. The molecule has 0 saturated carbocycles. The number of nitrogens with one attached hydrogen (secondary N) is 1. The molecule has 208 valence electrons. The van der Waals surface area contributed by atoms with E-state index < -0.39 is 23.6 Å². The third-order valence-corrected chi connectivity index (χ3v) is 7.48. The Labute approximate surface area is 247 Å². The summed E-state index contributed by atoms with van der Waals surface area (Å²) in [6, 6.07) is 14.5. The molecular weight excluding hydrogens is 571 g/mol. The number of ether oxygens (including phenoxy) is 2. The molecule has 7 nitrogen and oxygen atoms in total. The highest BCUT2D eigenvalue weighted by Crippen LogP contribution is 2.39. The molecule has 10 heteroatoms. The van der Waals surface area contributed by atoms with Gasteiger partial charge in [-0.1, -0.05) is 53.0 Å². The normalized spacial score (nSPS) is 14.2. The van der Waals surface area contributed by atoms with E-state index in [4.69, 9.17) is 32.7 Å². The average Bonchev–Trinajstić information content (AvgIpc) is 3.14. The van der Waals surface area contributed by atoms with Crippen LogP contribution in [0.3, 0.4) is 0 Å². The molecule has 0 spiro atoms. The lowest BCUT2D eigenvalue weighted by Crippen LogP contribution is -2.36. The summed E-state index contributed by atoms with van der Waals surface area (Å²) in [5.74, 6) is -0.248. The summed E-state index contributed by atoms with van der Waals surface area (Å²) in [6.45, 7) is 7.82. The van der Waals surface area contributed by atoms with Crippen LogP contribution in [0.25, 0.3) is 6.08 Å². The number of rotatable bonds is 9. The van der Waals surface area contributed by atoms with Gasteiger partial charge in [-0.05, 0) is 92.1 Å². The first-order valence-corrected chi connectivity index (χ1v) is 14.1. The summed E-state index contributed by atoms with van der Waals surface area (Å²) in [4.78, 5) is 39.6. The summed E-state index contributed by atoms with van der Waals surface area (Å²) >= 11 is 13.3. The second-order valence-electron chi connectivity index (χ2n) is 9.27. The van der Waals surface area contributed by atoms with Crippen molar-refractivity contribution in [1.29, 1.82) is 0 Å². The Morgan fingerprint density at radius 1 is 1.00 bits per heavy atom. The predicted molar refractivity (Wildman–Crippen MR) is 160 cm³/mol. The Morgan fingerprint density at radius 2 is 1.68 bits per heavy atom. The average molecular weight is 600 g/mol. The molecule has 0 radical (unpaired) electrons. The highest BCUT2D eigenvalue weighted by Gasteiger charge is 2.36. The SMILES string of the molecule is CCOc1cc(/C=C2/SC(=O)N(CC(=O)Nc3c(C)cc(C)cc3C)C2=O)cc(Cl)c1OCc1ccc(Cl)cc1. The first-order chi connectivity index (χ1) is 19.0. The van der Waals surface area contributed by atoms with E-state index in [-0.39, 0.29) is 16.5 Å². The van der Waals surface area contributed by atoms with Crippen LogP contribution in [-0.2, 0) is 16.2 Å². The van der Waals surface area contributed by atoms with E-state index in [1.54, 1.807) is 30.3 Å². The summed E-state index contributed by atoms with van der Waals surface area (Å²) in [5.41, 5.74) is 5.02. The third-order valence-electron chi connectivity index (χ3n) is 6.04. The van der Waals surface area contributed by atoms with Crippen LogP contribution in [-0.4, -0.2) is 35.1 Å². The summed E-state index contributed by atoms with van der Waals surface area (Å²) in [6.07, 6.45) is 1.55. The quantitative estimate of drug-likeness (QED) is 0.256. The summed E-state index contributed by atoms with van der Waals surface area (Å²) in [7, 11) is 0. The molecule has 4 rings (SSSR count). The second kappa shape index (κ2) is 12.8. The highest BCUT2D eigenvalue weighted by molar-refractivity contribution is 8.18. The number of nitrogens with zero attached hydrogens (tertiary/aromatic N) is 1. The molecule has 0 aromatic heterocycles. The minimum atomic E-state index is -0.556. The number of hydrogen-bond donors (Lipinski definition) is 1. The molecule has 0 unspecified atom stereocenters. The van der Waals surface area contributed by atoms with Crippen LogP contribution in [0.4, 0.5) is 10.5 Å².